The summed E-state index contributed by atoms with van der Waals surface area (Å²) >= 11 is 0. The van der Waals surface area contributed by atoms with Gasteiger partial charge in [0.05, 0.1) is 23.7 Å². The molecule has 4 fully saturated rings. The molecule has 0 aromatic rings. The Hall–Kier alpha value is -3.34. The van der Waals surface area contributed by atoms with Gasteiger partial charge >= 0.3 is 23.9 Å². The summed E-state index contributed by atoms with van der Waals surface area (Å²) < 4.78 is 4.59. The third kappa shape index (κ3) is 6.77. The number of carbonyl (C=O) groups is 6. The van der Waals surface area contributed by atoms with E-state index in [1.54, 1.807) is 0 Å². The molecule has 4 aliphatic carbocycles. The zero-order chi connectivity index (χ0) is 29.7. The molecule has 41 heavy (non-hydrogen) atoms. The second kappa shape index (κ2) is 13.5. The molecule has 0 unspecified atom stereocenters. The largest absolute Gasteiger partial charge is 0.481 e. The number of nitrogens with zero attached hydrogens (tertiary/aromatic N) is 1. The van der Waals surface area contributed by atoms with E-state index in [1.807, 2.05) is 12.2 Å². The van der Waals surface area contributed by atoms with Crippen molar-refractivity contribution in [2.75, 3.05) is 13.1 Å². The Bertz CT molecular complexity index is 1060. The summed E-state index contributed by atoms with van der Waals surface area (Å²) in [6, 6.07) is 0. The molecular weight excluding hydrogens is 532 g/mol. The predicted octanol–water partition coefficient (Wildman–Crippen LogP) is 2.54. The standard InChI is InChI=1S/C15H19NO4.C9H8O3.C6H13NO2/c17-11(18)4-2-1-3-7-16-14(19)12-9-5-6-10(8-9)13(12)15(16)20;10-8-6-4-1-2-5(3-4)7(6)9(11)12-8;7-5-3-1-2-4-6(8)9/h5-6,9-10,12-13H,1-4,7-8H2,(H,17,18);1-2,4-7H,3H2;1-5,7H2,(H,8,9)/t9-,10+,12+,13-;4-,5+,6+,7-;. The van der Waals surface area contributed by atoms with Crippen molar-refractivity contribution in [1.29, 1.82) is 0 Å². The Morgan fingerprint density at radius 1 is 0.683 bits per heavy atom. The number of amides is 2. The summed E-state index contributed by atoms with van der Waals surface area (Å²) in [6.07, 6.45) is 15.3. The van der Waals surface area contributed by atoms with Crippen molar-refractivity contribution in [2.24, 2.45) is 53.1 Å². The van der Waals surface area contributed by atoms with Gasteiger partial charge in [-0.05, 0) is 68.7 Å². The van der Waals surface area contributed by atoms with Gasteiger partial charge in [0, 0.05) is 19.4 Å². The van der Waals surface area contributed by atoms with Crippen LogP contribution in [-0.2, 0) is 33.5 Å². The number of carboxylic acids is 2. The number of nitrogens with two attached hydrogens (primary N) is 1. The van der Waals surface area contributed by atoms with Gasteiger partial charge in [-0.3, -0.25) is 33.7 Å². The number of esters is 2. The van der Waals surface area contributed by atoms with E-state index >= 15 is 0 Å². The minimum Gasteiger partial charge on any atom is -0.481 e. The summed E-state index contributed by atoms with van der Waals surface area (Å²) in [4.78, 5) is 68.8. The molecule has 6 rings (SSSR count). The normalized spacial score (nSPS) is 32.9. The third-order valence-electron chi connectivity index (χ3n) is 9.13. The lowest BCUT2D eigenvalue weighted by Gasteiger charge is -2.16. The molecule has 2 aliphatic heterocycles. The lowest BCUT2D eigenvalue weighted by Crippen LogP contribution is -2.33. The zero-order valence-corrected chi connectivity index (χ0v) is 23.2. The highest BCUT2D eigenvalue weighted by Crippen LogP contribution is 2.53. The summed E-state index contributed by atoms with van der Waals surface area (Å²) in [5.74, 6) is -1.57. The van der Waals surface area contributed by atoms with Crippen LogP contribution in [0, 0.1) is 47.3 Å². The van der Waals surface area contributed by atoms with Crippen LogP contribution in [0.3, 0.4) is 0 Å². The molecule has 2 saturated heterocycles. The van der Waals surface area contributed by atoms with Crippen molar-refractivity contribution in [3.63, 3.8) is 0 Å². The average Bonchev–Trinajstić information content (AvgIpc) is 3.77. The molecule has 224 valence electrons. The number of cyclic esters (lactones) is 2. The number of ether oxygens (including phenoxy) is 1. The van der Waals surface area contributed by atoms with Crippen LogP contribution >= 0.6 is 0 Å². The fourth-order valence-electron chi connectivity index (χ4n) is 7.20. The van der Waals surface area contributed by atoms with Crippen LogP contribution in [-0.4, -0.2) is 63.9 Å². The lowest BCUT2D eigenvalue weighted by molar-refractivity contribution is -0.155. The highest BCUT2D eigenvalue weighted by Gasteiger charge is 2.59. The van der Waals surface area contributed by atoms with Crippen LogP contribution in [0.4, 0.5) is 0 Å². The van der Waals surface area contributed by atoms with Crippen LogP contribution in [0.5, 0.6) is 0 Å². The molecule has 6 aliphatic rings. The number of carboxylic acid groups (broad SMARTS) is 2. The molecule has 4 bridgehead atoms. The van der Waals surface area contributed by atoms with Crippen LogP contribution in [0.15, 0.2) is 24.3 Å². The van der Waals surface area contributed by atoms with E-state index in [0.29, 0.717) is 25.9 Å². The van der Waals surface area contributed by atoms with E-state index < -0.39 is 11.9 Å². The van der Waals surface area contributed by atoms with Crippen molar-refractivity contribution in [2.45, 2.75) is 64.2 Å². The van der Waals surface area contributed by atoms with Crippen molar-refractivity contribution in [3.8, 4) is 0 Å². The summed E-state index contributed by atoms with van der Waals surface area (Å²) in [6.45, 7) is 1.11. The first-order valence-electron chi connectivity index (χ1n) is 14.7. The lowest BCUT2D eigenvalue weighted by atomic mass is 9.85. The van der Waals surface area contributed by atoms with Gasteiger partial charge in [-0.25, -0.2) is 0 Å². The minimum absolute atomic E-state index is 0.00455. The molecule has 0 radical (unpaired) electrons. The fraction of sp³-hybridized carbons (Fsp3) is 0.667. The van der Waals surface area contributed by atoms with Crippen LogP contribution < -0.4 is 5.73 Å². The number of fused-ring (bicyclic) bond motifs is 10. The maximum absolute atomic E-state index is 12.3. The van der Waals surface area contributed by atoms with Crippen LogP contribution in [0.2, 0.25) is 0 Å². The van der Waals surface area contributed by atoms with E-state index in [2.05, 4.69) is 16.9 Å². The highest BCUT2D eigenvalue weighted by atomic mass is 16.6. The Morgan fingerprint density at radius 2 is 1.10 bits per heavy atom. The first kappa shape index (κ1) is 30.6. The summed E-state index contributed by atoms with van der Waals surface area (Å²) in [7, 11) is 0. The molecule has 2 saturated carbocycles. The Kier molecular flexibility index (Phi) is 10.1. The topological polar surface area (TPSA) is 181 Å². The van der Waals surface area contributed by atoms with Crippen LogP contribution in [0.25, 0.3) is 0 Å². The van der Waals surface area contributed by atoms with Gasteiger partial charge in [0.25, 0.3) is 0 Å². The SMILES string of the molecule is NCCCCCC(=O)O.O=C(O)CCCCCN1C(=O)[C@@H]2[C@H](C1=O)[C@H]1C=C[C@@H]2C1.O=C1OC(=O)[C@H]2[C@@H]1[C@@H]1C=C[C@H]2C1. The molecule has 11 nitrogen and oxygen atoms in total. The number of rotatable bonds is 11. The van der Waals surface area contributed by atoms with E-state index in [9.17, 15) is 28.8 Å². The molecule has 0 aromatic carbocycles. The van der Waals surface area contributed by atoms with E-state index in [1.165, 1.54) is 4.90 Å². The monoisotopic (exact) mass is 572 g/mol. The van der Waals surface area contributed by atoms with Crippen molar-refractivity contribution in [1.82, 2.24) is 4.90 Å². The molecular formula is C30H40N2O9. The summed E-state index contributed by atoms with van der Waals surface area (Å²) in [5, 5.41) is 16.7. The smallest absolute Gasteiger partial charge is 0.318 e. The molecule has 11 heteroatoms. The van der Waals surface area contributed by atoms with E-state index in [0.717, 1.165) is 38.5 Å². The first-order valence-corrected chi connectivity index (χ1v) is 14.7. The van der Waals surface area contributed by atoms with Gasteiger partial charge in [0.15, 0.2) is 0 Å². The fourth-order valence-corrected chi connectivity index (χ4v) is 7.20. The van der Waals surface area contributed by atoms with Gasteiger partial charge in [0.2, 0.25) is 11.8 Å². The van der Waals surface area contributed by atoms with E-state index in [-0.39, 0.29) is 83.9 Å². The molecule has 8 atom stereocenters. The molecule has 4 N–H and O–H groups in total. The van der Waals surface area contributed by atoms with Crippen molar-refractivity contribution >= 4 is 35.7 Å². The number of hydrogen-bond acceptors (Lipinski definition) is 8. The van der Waals surface area contributed by atoms with Crippen LogP contribution in [0.1, 0.15) is 64.2 Å². The number of hydrogen-bond donors (Lipinski definition) is 3. The number of likely N-dealkylation sites (tertiary alicyclic amines) is 1. The third-order valence-corrected chi connectivity index (χ3v) is 9.13. The number of imide groups is 1. The van der Waals surface area contributed by atoms with Gasteiger partial charge < -0.3 is 20.7 Å². The average molecular weight is 573 g/mol. The van der Waals surface area contributed by atoms with Crippen molar-refractivity contribution in [3.05, 3.63) is 24.3 Å². The zero-order valence-electron chi connectivity index (χ0n) is 23.2. The van der Waals surface area contributed by atoms with E-state index in [4.69, 9.17) is 15.9 Å². The second-order valence-corrected chi connectivity index (χ2v) is 11.8. The van der Waals surface area contributed by atoms with Gasteiger partial charge in [-0.15, -0.1) is 0 Å². The van der Waals surface area contributed by atoms with Gasteiger partial charge in [-0.1, -0.05) is 37.1 Å². The quantitative estimate of drug-likeness (QED) is 0.109. The molecule has 0 spiro atoms. The molecule has 0 aromatic heterocycles. The van der Waals surface area contributed by atoms with Gasteiger partial charge in [0.1, 0.15) is 0 Å². The predicted molar refractivity (Wildman–Crippen MR) is 145 cm³/mol. The molecule has 2 amide bonds. The van der Waals surface area contributed by atoms with Crippen molar-refractivity contribution < 1.29 is 43.7 Å². The second-order valence-electron chi connectivity index (χ2n) is 11.8. The maximum Gasteiger partial charge on any atom is 0.318 e. The number of aliphatic carboxylic acids is 2. The number of allylic oxidation sites excluding steroid dienone is 4. The Balaban J connectivity index is 0.000000157. The Labute approximate surface area is 239 Å². The Morgan fingerprint density at radius 3 is 1.51 bits per heavy atom. The number of unbranched alkanes of at least 4 members (excludes halogenated alkanes) is 4. The summed E-state index contributed by atoms with van der Waals surface area (Å²) in [5.41, 5.74) is 5.20. The molecule has 2 heterocycles. The maximum atomic E-state index is 12.3. The number of carbonyl (C=O) groups excluding carboxylic acids is 4. The first-order chi connectivity index (χ1) is 19.6. The minimum atomic E-state index is -0.796. The highest BCUT2D eigenvalue weighted by molar-refractivity contribution is 6.06. The van der Waals surface area contributed by atoms with Gasteiger partial charge in [-0.2, -0.15) is 0 Å².